The van der Waals surface area contributed by atoms with Crippen molar-refractivity contribution in [1.82, 2.24) is 4.57 Å². The van der Waals surface area contributed by atoms with E-state index in [0.717, 1.165) is 0 Å². The van der Waals surface area contributed by atoms with Crippen LogP contribution in [0.2, 0.25) is 0 Å². The number of amides is 1. The van der Waals surface area contributed by atoms with E-state index in [2.05, 4.69) is 0 Å². The Balaban J connectivity index is 2.05. The van der Waals surface area contributed by atoms with Gasteiger partial charge >= 0.3 is 0 Å². The lowest BCUT2D eigenvalue weighted by molar-refractivity contribution is 0.0969. The molecular formula is C17H14N2O3S. The number of thiophene rings is 1. The number of rotatable bonds is 4. The van der Waals surface area contributed by atoms with Crippen LogP contribution in [-0.2, 0) is 6.54 Å². The molecule has 0 atom stereocenters. The first kappa shape index (κ1) is 15.2. The Kier molecular flexibility index (Phi) is 3.83. The minimum absolute atomic E-state index is 0.0417. The van der Waals surface area contributed by atoms with Crippen molar-refractivity contribution in [3.8, 4) is 0 Å². The number of hydrogen-bond acceptors (Lipinski definition) is 4. The lowest BCUT2D eigenvalue weighted by Crippen LogP contribution is -2.24. The summed E-state index contributed by atoms with van der Waals surface area (Å²) in [6.07, 6.45) is 1.58. The highest BCUT2D eigenvalue weighted by Crippen LogP contribution is 2.27. The average molecular weight is 326 g/mol. The number of carbonyl (C=O) groups is 2. The zero-order valence-electron chi connectivity index (χ0n) is 12.4. The monoisotopic (exact) mass is 326 g/mol. The summed E-state index contributed by atoms with van der Waals surface area (Å²) < 4.78 is 2.06. The molecule has 5 nitrogen and oxygen atoms in total. The molecule has 6 heteroatoms. The largest absolute Gasteiger partial charge is 0.365 e. The standard InChI is InChI=1S/C17H14N2O3S/c1-10-14-13(23-15(10)16(18)21)7-8-19(17(14)22)9-12(20)11-5-3-2-4-6-11/h2-8H,9H2,1H3,(H2,18,21). The van der Waals surface area contributed by atoms with Crippen LogP contribution in [0.1, 0.15) is 25.6 Å². The van der Waals surface area contributed by atoms with Crippen LogP contribution < -0.4 is 11.3 Å². The molecule has 0 spiro atoms. The molecule has 2 N–H and O–H groups in total. The minimum Gasteiger partial charge on any atom is -0.365 e. The Bertz CT molecular complexity index is 971. The van der Waals surface area contributed by atoms with Gasteiger partial charge in [0, 0.05) is 16.5 Å². The van der Waals surface area contributed by atoms with Gasteiger partial charge in [-0.2, -0.15) is 0 Å². The van der Waals surface area contributed by atoms with E-state index >= 15 is 0 Å². The van der Waals surface area contributed by atoms with Gasteiger partial charge in [0.05, 0.1) is 16.8 Å². The second-order valence-electron chi connectivity index (χ2n) is 5.20. The smallest absolute Gasteiger partial charge is 0.259 e. The number of fused-ring (bicyclic) bond motifs is 1. The predicted octanol–water partition coefficient (Wildman–Crippen LogP) is 2.35. The summed E-state index contributed by atoms with van der Waals surface area (Å²) in [7, 11) is 0. The zero-order chi connectivity index (χ0) is 16.6. The Morgan fingerprint density at radius 2 is 1.87 bits per heavy atom. The highest BCUT2D eigenvalue weighted by molar-refractivity contribution is 7.21. The van der Waals surface area contributed by atoms with Crippen LogP contribution in [0.25, 0.3) is 10.1 Å². The lowest BCUT2D eigenvalue weighted by Gasteiger charge is -2.05. The number of hydrogen-bond donors (Lipinski definition) is 1. The Labute approximate surface area is 136 Å². The lowest BCUT2D eigenvalue weighted by atomic mass is 10.1. The van der Waals surface area contributed by atoms with Gasteiger partial charge in [-0.1, -0.05) is 30.3 Å². The highest BCUT2D eigenvalue weighted by Gasteiger charge is 2.17. The van der Waals surface area contributed by atoms with Gasteiger partial charge in [-0.3, -0.25) is 14.4 Å². The third-order valence-electron chi connectivity index (χ3n) is 3.69. The van der Waals surface area contributed by atoms with Crippen LogP contribution in [0.4, 0.5) is 0 Å². The first-order valence-electron chi connectivity index (χ1n) is 6.99. The van der Waals surface area contributed by atoms with E-state index in [1.54, 1.807) is 43.5 Å². The van der Waals surface area contributed by atoms with Crippen molar-refractivity contribution in [1.29, 1.82) is 0 Å². The van der Waals surface area contributed by atoms with Crippen LogP contribution in [0, 0.1) is 6.92 Å². The Morgan fingerprint density at radius 3 is 2.52 bits per heavy atom. The number of nitrogens with zero attached hydrogens (tertiary/aromatic N) is 1. The van der Waals surface area contributed by atoms with E-state index in [1.165, 1.54) is 15.9 Å². The topological polar surface area (TPSA) is 82.2 Å². The third kappa shape index (κ3) is 2.68. The van der Waals surface area contributed by atoms with Gasteiger partial charge in [0.2, 0.25) is 0 Å². The highest BCUT2D eigenvalue weighted by atomic mass is 32.1. The maximum absolute atomic E-state index is 12.6. The Morgan fingerprint density at radius 1 is 1.17 bits per heavy atom. The van der Waals surface area contributed by atoms with Crippen molar-refractivity contribution >= 4 is 33.1 Å². The molecule has 2 aromatic heterocycles. The molecule has 0 aliphatic carbocycles. The molecule has 0 saturated heterocycles. The van der Waals surface area contributed by atoms with Gasteiger partial charge < -0.3 is 10.3 Å². The van der Waals surface area contributed by atoms with Crippen LogP contribution in [-0.4, -0.2) is 16.3 Å². The van der Waals surface area contributed by atoms with E-state index in [1.807, 2.05) is 6.07 Å². The molecule has 0 fully saturated rings. The first-order chi connectivity index (χ1) is 11.0. The van der Waals surface area contributed by atoms with E-state index in [9.17, 15) is 14.4 Å². The summed E-state index contributed by atoms with van der Waals surface area (Å²) in [6.45, 7) is 1.66. The number of nitrogens with two attached hydrogens (primary N) is 1. The van der Waals surface area contributed by atoms with Crippen molar-refractivity contribution in [2.75, 3.05) is 0 Å². The number of aromatic nitrogens is 1. The fourth-order valence-electron chi connectivity index (χ4n) is 2.52. The minimum atomic E-state index is -0.546. The second kappa shape index (κ2) is 5.81. The quantitative estimate of drug-likeness (QED) is 0.747. The molecule has 0 radical (unpaired) electrons. The summed E-state index contributed by atoms with van der Waals surface area (Å²) >= 11 is 1.20. The fourth-order valence-corrected chi connectivity index (χ4v) is 3.56. The molecule has 3 rings (SSSR count). The molecule has 1 aromatic carbocycles. The van der Waals surface area contributed by atoms with Gasteiger partial charge in [0.25, 0.3) is 11.5 Å². The van der Waals surface area contributed by atoms with Crippen LogP contribution in [0.15, 0.2) is 47.4 Å². The van der Waals surface area contributed by atoms with Gasteiger partial charge in [0.1, 0.15) is 0 Å². The second-order valence-corrected chi connectivity index (χ2v) is 6.25. The normalized spacial score (nSPS) is 10.8. The molecular weight excluding hydrogens is 312 g/mol. The number of Topliss-reactive ketones (excluding diaryl/α,β-unsaturated/α-hetero) is 1. The first-order valence-corrected chi connectivity index (χ1v) is 7.81. The molecule has 23 heavy (non-hydrogen) atoms. The van der Waals surface area contributed by atoms with Gasteiger partial charge in [0.15, 0.2) is 5.78 Å². The van der Waals surface area contributed by atoms with Crippen molar-refractivity contribution < 1.29 is 9.59 Å². The number of aryl methyl sites for hydroxylation is 1. The van der Waals surface area contributed by atoms with E-state index in [0.29, 0.717) is 26.1 Å². The number of ketones is 1. The predicted molar refractivity (Wildman–Crippen MR) is 90.1 cm³/mol. The summed E-state index contributed by atoms with van der Waals surface area (Å²) in [5.41, 5.74) is 6.18. The third-order valence-corrected chi connectivity index (χ3v) is 4.96. The SMILES string of the molecule is Cc1c(C(N)=O)sc2ccn(CC(=O)c3ccccc3)c(=O)c12. The fraction of sp³-hybridized carbons (Fsp3) is 0.118. The molecule has 0 aliphatic rings. The average Bonchev–Trinajstić information content (AvgIpc) is 2.89. The van der Waals surface area contributed by atoms with Crippen LogP contribution in [0.5, 0.6) is 0 Å². The maximum atomic E-state index is 12.6. The molecule has 116 valence electrons. The van der Waals surface area contributed by atoms with Crippen LogP contribution in [0.3, 0.4) is 0 Å². The van der Waals surface area contributed by atoms with E-state index in [4.69, 9.17) is 5.73 Å². The summed E-state index contributed by atoms with van der Waals surface area (Å²) in [5, 5.41) is 0.451. The summed E-state index contributed by atoms with van der Waals surface area (Å²) in [6, 6.07) is 10.6. The molecule has 0 bridgehead atoms. The van der Waals surface area contributed by atoms with Gasteiger partial charge in [-0.25, -0.2) is 0 Å². The van der Waals surface area contributed by atoms with Crippen molar-refractivity contribution in [2.24, 2.45) is 5.73 Å². The number of pyridine rings is 1. The van der Waals surface area contributed by atoms with Crippen molar-refractivity contribution in [2.45, 2.75) is 13.5 Å². The van der Waals surface area contributed by atoms with Crippen molar-refractivity contribution in [3.63, 3.8) is 0 Å². The number of benzene rings is 1. The van der Waals surface area contributed by atoms with Crippen molar-refractivity contribution in [3.05, 3.63) is 69.0 Å². The molecule has 0 unspecified atom stereocenters. The molecule has 1 amide bonds. The van der Waals surface area contributed by atoms with Gasteiger partial charge in [-0.05, 0) is 18.6 Å². The zero-order valence-corrected chi connectivity index (χ0v) is 13.2. The van der Waals surface area contributed by atoms with E-state index < -0.39 is 5.91 Å². The molecule has 0 saturated carbocycles. The molecule has 3 aromatic rings. The maximum Gasteiger partial charge on any atom is 0.259 e. The van der Waals surface area contributed by atoms with Gasteiger partial charge in [-0.15, -0.1) is 11.3 Å². The molecule has 0 aliphatic heterocycles. The Hall–Kier alpha value is -2.73. The van der Waals surface area contributed by atoms with E-state index in [-0.39, 0.29) is 17.9 Å². The van der Waals surface area contributed by atoms with Crippen LogP contribution >= 0.6 is 11.3 Å². The number of primary amides is 1. The number of carbonyl (C=O) groups excluding carboxylic acids is 2. The molecule has 2 heterocycles. The summed E-state index contributed by atoms with van der Waals surface area (Å²) in [5.74, 6) is -0.690. The summed E-state index contributed by atoms with van der Waals surface area (Å²) in [4.78, 5) is 36.7.